The summed E-state index contributed by atoms with van der Waals surface area (Å²) in [5, 5.41) is 24.4. The van der Waals surface area contributed by atoms with Gasteiger partial charge in [-0.25, -0.2) is 10.0 Å². The minimum Gasteiger partial charge on any atom is -0.504 e. The van der Waals surface area contributed by atoms with Crippen LogP contribution in [0.15, 0.2) is 49.8 Å². The smallest absolute Gasteiger partial charge is 0.165 e. The molecule has 0 bridgehead atoms. The van der Waals surface area contributed by atoms with Gasteiger partial charge < -0.3 is 10.2 Å². The Morgan fingerprint density at radius 1 is 1.40 bits per heavy atom. The van der Waals surface area contributed by atoms with Crippen molar-refractivity contribution in [1.29, 1.82) is 0 Å². The molecule has 20 heavy (non-hydrogen) atoms. The summed E-state index contributed by atoms with van der Waals surface area (Å²) >= 11 is 9.48. The van der Waals surface area contributed by atoms with E-state index in [4.69, 9.17) is 11.6 Å². The third-order valence-electron chi connectivity index (χ3n) is 2.61. The van der Waals surface area contributed by atoms with Crippen LogP contribution in [0.4, 0.5) is 0 Å². The van der Waals surface area contributed by atoms with Gasteiger partial charge in [0, 0.05) is 22.8 Å². The average Bonchev–Trinajstić information content (AvgIpc) is 2.40. The second-order valence-corrected chi connectivity index (χ2v) is 5.55. The van der Waals surface area contributed by atoms with Crippen LogP contribution in [0.5, 0.6) is 11.5 Å². The van der Waals surface area contributed by atoms with Crippen LogP contribution >= 0.6 is 27.5 Å². The van der Waals surface area contributed by atoms with Gasteiger partial charge in [-0.3, -0.25) is 0 Å². The summed E-state index contributed by atoms with van der Waals surface area (Å²) in [6.07, 6.45) is 1.60. The Morgan fingerprint density at radius 2 is 2.10 bits per heavy atom. The Kier molecular flexibility index (Phi) is 4.15. The van der Waals surface area contributed by atoms with Gasteiger partial charge in [-0.05, 0) is 25.1 Å². The van der Waals surface area contributed by atoms with Crippen molar-refractivity contribution in [2.45, 2.75) is 6.92 Å². The van der Waals surface area contributed by atoms with Crippen LogP contribution in [-0.4, -0.2) is 27.7 Å². The number of benzene rings is 1. The lowest BCUT2D eigenvalue weighted by atomic mass is 10.1. The molecule has 7 heteroatoms. The monoisotopic (exact) mass is 355 g/mol. The number of hydrogen-bond acceptors (Lipinski definition) is 5. The molecule has 0 aliphatic carbocycles. The molecule has 2 rings (SSSR count). The van der Waals surface area contributed by atoms with Crippen LogP contribution < -0.4 is 0 Å². The molecule has 5 nitrogen and oxygen atoms in total. The number of allylic oxidation sites excluding steroid dienone is 2. The van der Waals surface area contributed by atoms with Gasteiger partial charge in [0.25, 0.3) is 0 Å². The molecule has 0 radical (unpaired) electrons. The van der Waals surface area contributed by atoms with E-state index in [2.05, 4.69) is 32.7 Å². The molecule has 1 aromatic rings. The van der Waals surface area contributed by atoms with Gasteiger partial charge in [-0.2, -0.15) is 5.10 Å². The molecule has 1 aromatic carbocycles. The van der Waals surface area contributed by atoms with Gasteiger partial charge >= 0.3 is 0 Å². The van der Waals surface area contributed by atoms with Crippen LogP contribution in [0.25, 0.3) is 0 Å². The summed E-state index contributed by atoms with van der Waals surface area (Å²) in [4.78, 5) is 4.41. The van der Waals surface area contributed by atoms with Gasteiger partial charge in [0.05, 0.1) is 5.71 Å². The normalized spacial score (nSPS) is 17.4. The molecule has 1 heterocycles. The average molecular weight is 357 g/mol. The summed E-state index contributed by atoms with van der Waals surface area (Å²) in [5.74, 6) is 0.0808. The van der Waals surface area contributed by atoms with Crippen molar-refractivity contribution in [3.05, 3.63) is 45.3 Å². The van der Waals surface area contributed by atoms with E-state index < -0.39 is 0 Å². The first-order valence-corrected chi connectivity index (χ1v) is 6.72. The van der Waals surface area contributed by atoms with Crippen molar-refractivity contribution < 1.29 is 10.2 Å². The third kappa shape index (κ3) is 2.71. The number of hydrogen-bond donors (Lipinski definition) is 2. The molecule has 0 fully saturated rings. The highest BCUT2D eigenvalue weighted by Crippen LogP contribution is 2.31. The lowest BCUT2D eigenvalue weighted by Gasteiger charge is -2.23. The van der Waals surface area contributed by atoms with E-state index in [0.717, 1.165) is 4.48 Å². The zero-order valence-electron chi connectivity index (χ0n) is 10.5. The summed E-state index contributed by atoms with van der Waals surface area (Å²) in [5.41, 5.74) is 1.16. The van der Waals surface area contributed by atoms with E-state index >= 15 is 0 Å². The van der Waals surface area contributed by atoms with Crippen LogP contribution in [0, 0.1) is 0 Å². The number of rotatable bonds is 2. The van der Waals surface area contributed by atoms with E-state index in [1.807, 2.05) is 0 Å². The molecular formula is C13H11BrClN3O2. The number of phenols is 2. The fraction of sp³-hybridized carbons (Fsp3) is 0.0769. The molecule has 0 saturated carbocycles. The van der Waals surface area contributed by atoms with Gasteiger partial charge in [-0.1, -0.05) is 27.5 Å². The number of phenolic OH excluding ortho intramolecular Hbond substituents is 2. The standard InChI is InChI=1S/C13H11BrClN3O2/c1-7(14)13-17-9(6-12(15)18(13)16-2)8-3-4-10(19)11(20)5-8/h3-6,19-20H,2H2,1H3/b13-7+. The first kappa shape index (κ1) is 14.6. The minimum absolute atomic E-state index is 0.193. The third-order valence-corrected chi connectivity index (χ3v) is 3.23. The highest BCUT2D eigenvalue weighted by molar-refractivity contribution is 9.11. The maximum Gasteiger partial charge on any atom is 0.165 e. The molecule has 0 spiro atoms. The van der Waals surface area contributed by atoms with Crippen LogP contribution in [0.3, 0.4) is 0 Å². The molecule has 0 aromatic heterocycles. The van der Waals surface area contributed by atoms with Crippen molar-refractivity contribution in [3.63, 3.8) is 0 Å². The van der Waals surface area contributed by atoms with E-state index in [1.165, 1.54) is 17.1 Å². The predicted octanol–water partition coefficient (Wildman–Crippen LogP) is 3.48. The highest BCUT2D eigenvalue weighted by Gasteiger charge is 2.20. The second kappa shape index (κ2) is 5.68. The summed E-state index contributed by atoms with van der Waals surface area (Å²) in [6.45, 7) is 5.25. The fourth-order valence-corrected chi connectivity index (χ4v) is 2.15. The molecular weight excluding hydrogens is 346 g/mol. The number of aromatic hydroxyl groups is 2. The van der Waals surface area contributed by atoms with E-state index in [9.17, 15) is 10.2 Å². The lowest BCUT2D eigenvalue weighted by molar-refractivity contribution is 0.403. The van der Waals surface area contributed by atoms with Gasteiger partial charge in [0.1, 0.15) is 5.16 Å². The lowest BCUT2D eigenvalue weighted by Crippen LogP contribution is -2.19. The summed E-state index contributed by atoms with van der Waals surface area (Å²) in [6, 6.07) is 4.43. The molecule has 0 saturated heterocycles. The van der Waals surface area contributed by atoms with Crippen molar-refractivity contribution in [2.24, 2.45) is 10.1 Å². The minimum atomic E-state index is -0.222. The van der Waals surface area contributed by atoms with E-state index in [-0.39, 0.29) is 11.5 Å². The van der Waals surface area contributed by atoms with Crippen molar-refractivity contribution in [1.82, 2.24) is 5.01 Å². The quantitative estimate of drug-likeness (QED) is 0.484. The van der Waals surface area contributed by atoms with Crippen molar-refractivity contribution in [3.8, 4) is 11.5 Å². The van der Waals surface area contributed by atoms with E-state index in [0.29, 0.717) is 22.3 Å². The number of hydrazone groups is 1. The zero-order chi connectivity index (χ0) is 14.9. The predicted molar refractivity (Wildman–Crippen MR) is 83.3 cm³/mol. The summed E-state index contributed by atoms with van der Waals surface area (Å²) in [7, 11) is 0. The first-order valence-electron chi connectivity index (χ1n) is 5.55. The van der Waals surface area contributed by atoms with Gasteiger partial charge in [0.15, 0.2) is 17.3 Å². The molecule has 0 unspecified atom stereocenters. The maximum atomic E-state index is 9.55. The van der Waals surface area contributed by atoms with Crippen molar-refractivity contribution in [2.75, 3.05) is 0 Å². The molecule has 0 atom stereocenters. The maximum absolute atomic E-state index is 9.55. The Balaban J connectivity index is 2.54. The molecule has 0 amide bonds. The van der Waals surface area contributed by atoms with Crippen LogP contribution in [0.1, 0.15) is 12.5 Å². The SMILES string of the molecule is C=NN1C(Cl)=CC(c2ccc(O)c(O)c2)=N/C1=C(/C)Br. The second-order valence-electron chi connectivity index (χ2n) is 3.98. The Hall–Kier alpha value is -1.79. The summed E-state index contributed by atoms with van der Waals surface area (Å²) < 4.78 is 0.733. The van der Waals surface area contributed by atoms with Gasteiger partial charge in [-0.15, -0.1) is 0 Å². The highest BCUT2D eigenvalue weighted by atomic mass is 79.9. The molecule has 1 aliphatic heterocycles. The van der Waals surface area contributed by atoms with Gasteiger partial charge in [0.2, 0.25) is 0 Å². The largest absolute Gasteiger partial charge is 0.504 e. The molecule has 1 aliphatic rings. The number of nitrogens with zero attached hydrogens (tertiary/aromatic N) is 3. The topological polar surface area (TPSA) is 68.4 Å². The van der Waals surface area contributed by atoms with E-state index in [1.54, 1.807) is 19.1 Å². The van der Waals surface area contributed by atoms with Crippen LogP contribution in [0.2, 0.25) is 0 Å². The Bertz CT molecular complexity index is 664. The van der Waals surface area contributed by atoms with Crippen molar-refractivity contribution >= 4 is 40.0 Å². The first-order chi connectivity index (χ1) is 9.43. The Morgan fingerprint density at radius 3 is 2.65 bits per heavy atom. The van der Waals surface area contributed by atoms with Crippen LogP contribution in [-0.2, 0) is 0 Å². The fourth-order valence-electron chi connectivity index (χ4n) is 1.66. The number of halogens is 2. The number of aliphatic imine (C=N–C) groups is 1. The Labute approximate surface area is 129 Å². The zero-order valence-corrected chi connectivity index (χ0v) is 12.9. The molecule has 2 N–H and O–H groups in total. The molecule has 104 valence electrons.